The summed E-state index contributed by atoms with van der Waals surface area (Å²) >= 11 is 0. The van der Waals surface area contributed by atoms with Gasteiger partial charge in [-0.1, -0.05) is 47.6 Å². The molecule has 3 N–H and O–H groups in total. The van der Waals surface area contributed by atoms with Crippen LogP contribution >= 0.6 is 24.0 Å². The van der Waals surface area contributed by atoms with Crippen molar-refractivity contribution in [1.29, 1.82) is 0 Å². The monoisotopic (exact) mass is 515 g/mol. The lowest BCUT2D eigenvalue weighted by Gasteiger charge is -2.10. The molecule has 0 bridgehead atoms. The highest BCUT2D eigenvalue weighted by atomic mass is 127. The highest BCUT2D eigenvalue weighted by Gasteiger charge is 2.08. The van der Waals surface area contributed by atoms with E-state index in [2.05, 4.69) is 57.1 Å². The number of guanidine groups is 1. The molecule has 0 aliphatic heterocycles. The van der Waals surface area contributed by atoms with Crippen molar-refractivity contribution >= 4 is 40.8 Å². The quantitative estimate of drug-likeness (QED) is 0.198. The van der Waals surface area contributed by atoms with Crippen LogP contribution in [0.5, 0.6) is 0 Å². The van der Waals surface area contributed by atoms with Crippen molar-refractivity contribution in [3.8, 4) is 11.3 Å². The highest BCUT2D eigenvalue weighted by Crippen LogP contribution is 2.20. The number of nitrogens with one attached hydrogen (secondary N) is 3. The van der Waals surface area contributed by atoms with Gasteiger partial charge in [-0.25, -0.2) is 0 Å². The summed E-state index contributed by atoms with van der Waals surface area (Å²) in [5, 5.41) is 12.1. The third kappa shape index (κ3) is 5.21. The van der Waals surface area contributed by atoms with Crippen LogP contribution in [0, 0.1) is 6.92 Å². The SMILES string of the molecule is CN=C(NCCc1c[nH]c2cc(C)ccc12)NCc1cc(-c2ccccc2)on1.I. The minimum atomic E-state index is 0. The number of halogens is 1. The topological polar surface area (TPSA) is 78.2 Å². The smallest absolute Gasteiger partial charge is 0.191 e. The first-order chi connectivity index (χ1) is 14.2. The number of hydrogen-bond donors (Lipinski definition) is 3. The zero-order valence-electron chi connectivity index (χ0n) is 17.1. The molecule has 0 fully saturated rings. The second-order valence-electron chi connectivity index (χ2n) is 7.01. The number of benzene rings is 2. The summed E-state index contributed by atoms with van der Waals surface area (Å²) in [7, 11) is 1.77. The van der Waals surface area contributed by atoms with Crippen LogP contribution in [0.3, 0.4) is 0 Å². The minimum absolute atomic E-state index is 0. The molecule has 0 aliphatic carbocycles. The van der Waals surface area contributed by atoms with Crippen LogP contribution in [0.1, 0.15) is 16.8 Å². The number of hydrogen-bond acceptors (Lipinski definition) is 3. The van der Waals surface area contributed by atoms with E-state index in [0.717, 1.165) is 35.9 Å². The summed E-state index contributed by atoms with van der Waals surface area (Å²) in [6, 6.07) is 18.4. The summed E-state index contributed by atoms with van der Waals surface area (Å²) in [5.74, 6) is 1.50. The van der Waals surface area contributed by atoms with E-state index < -0.39 is 0 Å². The van der Waals surface area contributed by atoms with Gasteiger partial charge in [0, 0.05) is 42.3 Å². The molecule has 2 heterocycles. The van der Waals surface area contributed by atoms with Crippen molar-refractivity contribution < 1.29 is 4.52 Å². The highest BCUT2D eigenvalue weighted by molar-refractivity contribution is 14.0. The van der Waals surface area contributed by atoms with Crippen LogP contribution in [-0.4, -0.2) is 29.7 Å². The zero-order valence-corrected chi connectivity index (χ0v) is 19.4. The van der Waals surface area contributed by atoms with Gasteiger partial charge in [0.05, 0.1) is 6.54 Å². The van der Waals surface area contributed by atoms with E-state index >= 15 is 0 Å². The predicted molar refractivity (Wildman–Crippen MR) is 132 cm³/mol. The maximum Gasteiger partial charge on any atom is 0.191 e. The van der Waals surface area contributed by atoms with Crippen molar-refractivity contribution in [2.75, 3.05) is 13.6 Å². The summed E-state index contributed by atoms with van der Waals surface area (Å²) in [5.41, 5.74) is 5.59. The van der Waals surface area contributed by atoms with Gasteiger partial charge in [-0.15, -0.1) is 24.0 Å². The molecule has 0 unspecified atom stereocenters. The van der Waals surface area contributed by atoms with Crippen LogP contribution in [0.15, 0.2) is 70.3 Å². The first-order valence-corrected chi connectivity index (χ1v) is 9.75. The van der Waals surface area contributed by atoms with E-state index in [4.69, 9.17) is 4.52 Å². The molecule has 6 nitrogen and oxygen atoms in total. The molecule has 4 rings (SSSR count). The van der Waals surface area contributed by atoms with Crippen LogP contribution in [0.4, 0.5) is 0 Å². The fourth-order valence-electron chi connectivity index (χ4n) is 3.35. The average Bonchev–Trinajstić information content (AvgIpc) is 3.38. The van der Waals surface area contributed by atoms with Crippen molar-refractivity contribution in [3.63, 3.8) is 0 Å². The standard InChI is InChI=1S/C23H25N5O.HI/c1-16-8-9-20-18(14-26-21(20)12-16)10-11-25-23(24-2)27-15-19-13-22(29-28-19)17-6-4-3-5-7-17;/h3-9,12-14,26H,10-11,15H2,1-2H3,(H2,24,25,27);1H. The van der Waals surface area contributed by atoms with Crippen LogP contribution < -0.4 is 10.6 Å². The van der Waals surface area contributed by atoms with Crippen molar-refractivity contribution in [1.82, 2.24) is 20.8 Å². The van der Waals surface area contributed by atoms with Crippen LogP contribution in [0.2, 0.25) is 0 Å². The molecule has 2 aromatic carbocycles. The van der Waals surface area contributed by atoms with E-state index in [1.54, 1.807) is 7.05 Å². The van der Waals surface area contributed by atoms with Gasteiger partial charge in [0.1, 0.15) is 5.69 Å². The fraction of sp³-hybridized carbons (Fsp3) is 0.217. The van der Waals surface area contributed by atoms with Crippen LogP contribution in [0.25, 0.3) is 22.2 Å². The molecule has 2 aromatic heterocycles. The number of aliphatic imine (C=N–C) groups is 1. The second kappa shape index (κ2) is 10.3. The first kappa shape index (κ1) is 21.9. The number of aryl methyl sites for hydroxylation is 1. The maximum atomic E-state index is 5.44. The lowest BCUT2D eigenvalue weighted by Crippen LogP contribution is -2.37. The number of nitrogens with zero attached hydrogens (tertiary/aromatic N) is 2. The lowest BCUT2D eigenvalue weighted by atomic mass is 10.1. The van der Waals surface area contributed by atoms with Gasteiger partial charge in [0.25, 0.3) is 0 Å². The van der Waals surface area contributed by atoms with Gasteiger partial charge in [-0.05, 0) is 30.5 Å². The van der Waals surface area contributed by atoms with Gasteiger partial charge in [-0.3, -0.25) is 4.99 Å². The molecule has 0 saturated carbocycles. The van der Waals surface area contributed by atoms with E-state index in [9.17, 15) is 0 Å². The Hall–Kier alpha value is -2.81. The number of rotatable bonds is 6. The maximum absolute atomic E-state index is 5.44. The Morgan fingerprint density at radius 2 is 1.93 bits per heavy atom. The normalized spacial score (nSPS) is 11.3. The molecular formula is C23H26IN5O. The Kier molecular flexibility index (Phi) is 7.51. The van der Waals surface area contributed by atoms with Gasteiger partial charge >= 0.3 is 0 Å². The largest absolute Gasteiger partial charge is 0.361 e. The van der Waals surface area contributed by atoms with E-state index in [1.165, 1.54) is 22.0 Å². The number of aromatic amines is 1. The van der Waals surface area contributed by atoms with Crippen LogP contribution in [-0.2, 0) is 13.0 Å². The second-order valence-corrected chi connectivity index (χ2v) is 7.01. The Bertz CT molecular complexity index is 1120. The molecule has 0 atom stereocenters. The van der Waals surface area contributed by atoms with Gasteiger partial charge < -0.3 is 20.1 Å². The van der Waals surface area contributed by atoms with Gasteiger partial charge in [0.15, 0.2) is 11.7 Å². The summed E-state index contributed by atoms with van der Waals surface area (Å²) in [6.45, 7) is 3.44. The molecule has 0 spiro atoms. The molecule has 0 aliphatic rings. The molecule has 0 amide bonds. The Balaban J connectivity index is 0.00000256. The Morgan fingerprint density at radius 3 is 2.73 bits per heavy atom. The number of fused-ring (bicyclic) bond motifs is 1. The molecule has 7 heteroatoms. The molecule has 0 saturated heterocycles. The Labute approximate surface area is 193 Å². The summed E-state index contributed by atoms with van der Waals surface area (Å²) in [6.07, 6.45) is 2.99. The van der Waals surface area contributed by atoms with Crippen molar-refractivity contribution in [2.45, 2.75) is 19.9 Å². The van der Waals surface area contributed by atoms with Crippen molar-refractivity contribution in [2.24, 2.45) is 4.99 Å². The number of H-pyrrole nitrogens is 1. The third-order valence-corrected chi connectivity index (χ3v) is 4.89. The predicted octanol–water partition coefficient (Wildman–Crippen LogP) is 4.66. The molecule has 30 heavy (non-hydrogen) atoms. The van der Waals surface area contributed by atoms with E-state index in [-0.39, 0.29) is 24.0 Å². The molecule has 4 aromatic rings. The fourth-order valence-corrected chi connectivity index (χ4v) is 3.35. The molecule has 156 valence electrons. The summed E-state index contributed by atoms with van der Waals surface area (Å²) < 4.78 is 5.44. The zero-order chi connectivity index (χ0) is 20.1. The molecular weight excluding hydrogens is 489 g/mol. The van der Waals surface area contributed by atoms with E-state index in [0.29, 0.717) is 6.54 Å². The van der Waals surface area contributed by atoms with E-state index in [1.807, 2.05) is 36.4 Å². The van der Waals surface area contributed by atoms with Gasteiger partial charge in [0.2, 0.25) is 0 Å². The first-order valence-electron chi connectivity index (χ1n) is 9.75. The molecule has 0 radical (unpaired) electrons. The van der Waals surface area contributed by atoms with Gasteiger partial charge in [-0.2, -0.15) is 0 Å². The minimum Gasteiger partial charge on any atom is -0.361 e. The number of aromatic nitrogens is 2. The lowest BCUT2D eigenvalue weighted by molar-refractivity contribution is 0.422. The van der Waals surface area contributed by atoms with Crippen molar-refractivity contribution in [3.05, 3.63) is 77.6 Å². The summed E-state index contributed by atoms with van der Waals surface area (Å²) in [4.78, 5) is 7.64. The third-order valence-electron chi connectivity index (χ3n) is 4.89. The average molecular weight is 515 g/mol. The Morgan fingerprint density at radius 1 is 1.10 bits per heavy atom.